The number of carbonyl (C=O) groups excluding carboxylic acids is 2. The van der Waals surface area contributed by atoms with Crippen LogP contribution in [0, 0.1) is 11.7 Å². The van der Waals surface area contributed by atoms with E-state index in [1.165, 1.54) is 27.8 Å². The number of fused-ring (bicyclic) bond motifs is 1. The average Bonchev–Trinajstić information content (AvgIpc) is 3.28. The first-order valence-corrected chi connectivity index (χ1v) is 13.1. The van der Waals surface area contributed by atoms with Crippen molar-refractivity contribution in [2.75, 3.05) is 19.4 Å². The van der Waals surface area contributed by atoms with E-state index in [4.69, 9.17) is 0 Å². The number of halogens is 1. The molecule has 1 aliphatic rings. The Morgan fingerprint density at radius 3 is 2.77 bits per heavy atom. The molecule has 3 aromatic rings. The van der Waals surface area contributed by atoms with Gasteiger partial charge in [0.15, 0.2) is 0 Å². The van der Waals surface area contributed by atoms with E-state index in [9.17, 15) is 28.7 Å². The zero-order valence-electron chi connectivity index (χ0n) is 22.4. The normalized spacial score (nSPS) is 14.2. The minimum Gasteiger partial charge on any atom is -0.465 e. The smallest absolute Gasteiger partial charge is 0.405 e. The summed E-state index contributed by atoms with van der Waals surface area (Å²) in [6.45, 7) is 0.130. The third kappa shape index (κ3) is 6.93. The number of allylic oxidation sites excluding steroid dienone is 1. The van der Waals surface area contributed by atoms with Gasteiger partial charge in [0.25, 0.3) is 5.56 Å². The highest BCUT2D eigenvalue weighted by Crippen LogP contribution is 2.32. The van der Waals surface area contributed by atoms with Crippen LogP contribution in [-0.2, 0) is 22.6 Å². The number of hydrogen-bond acceptors (Lipinski definition) is 5. The highest BCUT2D eigenvalue weighted by Gasteiger charge is 2.23. The Balaban J connectivity index is 1.47. The van der Waals surface area contributed by atoms with Crippen LogP contribution in [0.2, 0.25) is 0 Å². The number of likely N-dealkylation sites (N-methyl/N-ethyl adjacent to an activating group) is 1. The summed E-state index contributed by atoms with van der Waals surface area (Å²) in [5.74, 6) is -0.817. The predicted octanol–water partition coefficient (Wildman–Crippen LogP) is 3.25. The summed E-state index contributed by atoms with van der Waals surface area (Å²) < 4.78 is 16.0. The zero-order valence-corrected chi connectivity index (χ0v) is 22.4. The van der Waals surface area contributed by atoms with Gasteiger partial charge >= 0.3 is 6.09 Å². The van der Waals surface area contributed by atoms with Gasteiger partial charge in [0.2, 0.25) is 11.8 Å². The van der Waals surface area contributed by atoms with E-state index >= 15 is 0 Å². The highest BCUT2D eigenvalue weighted by atomic mass is 19.1. The van der Waals surface area contributed by atoms with Crippen LogP contribution in [0.3, 0.4) is 0 Å². The number of hydrogen-bond donors (Lipinski definition) is 4. The molecule has 3 amide bonds. The molecule has 0 spiro atoms. The van der Waals surface area contributed by atoms with Gasteiger partial charge in [0.05, 0.1) is 23.8 Å². The van der Waals surface area contributed by atoms with E-state index < -0.39 is 23.6 Å². The van der Waals surface area contributed by atoms with Gasteiger partial charge < -0.3 is 30.2 Å². The summed E-state index contributed by atoms with van der Waals surface area (Å²) in [7, 11) is 3.20. The van der Waals surface area contributed by atoms with Crippen LogP contribution in [0.15, 0.2) is 47.5 Å². The zero-order chi connectivity index (χ0) is 28.8. The molecular formula is C28H33FN6O5. The van der Waals surface area contributed by atoms with Crippen molar-refractivity contribution in [3.05, 3.63) is 70.2 Å². The largest absolute Gasteiger partial charge is 0.465 e. The maximum Gasteiger partial charge on any atom is 0.405 e. The Bertz CT molecular complexity index is 1490. The van der Waals surface area contributed by atoms with E-state index in [0.29, 0.717) is 34.6 Å². The van der Waals surface area contributed by atoms with Crippen molar-refractivity contribution in [3.8, 4) is 0 Å². The predicted molar refractivity (Wildman–Crippen MR) is 148 cm³/mol. The average molecular weight is 553 g/mol. The van der Waals surface area contributed by atoms with Crippen LogP contribution in [0.5, 0.6) is 0 Å². The number of aromatic nitrogens is 3. The van der Waals surface area contributed by atoms with E-state index in [2.05, 4.69) is 20.6 Å². The molecular weight excluding hydrogens is 519 g/mol. The van der Waals surface area contributed by atoms with Gasteiger partial charge in [-0.2, -0.15) is 0 Å². The van der Waals surface area contributed by atoms with Crippen molar-refractivity contribution in [2.24, 2.45) is 5.92 Å². The third-order valence-corrected chi connectivity index (χ3v) is 7.03. The number of rotatable bonds is 11. The van der Waals surface area contributed by atoms with Crippen molar-refractivity contribution in [1.29, 1.82) is 0 Å². The molecule has 0 aliphatic heterocycles. The van der Waals surface area contributed by atoms with Crippen LogP contribution in [-0.4, -0.2) is 62.6 Å². The fourth-order valence-corrected chi connectivity index (χ4v) is 4.60. The molecule has 1 saturated carbocycles. The number of H-pyrrole nitrogens is 1. The highest BCUT2D eigenvalue weighted by molar-refractivity contribution is 5.96. The molecule has 1 fully saturated rings. The van der Waals surface area contributed by atoms with E-state index in [1.807, 2.05) is 0 Å². The number of amides is 3. The summed E-state index contributed by atoms with van der Waals surface area (Å²) in [6.07, 6.45) is 8.61. The Morgan fingerprint density at radius 1 is 1.32 bits per heavy atom. The number of pyridine rings is 2. The Kier molecular flexibility index (Phi) is 8.97. The molecule has 1 unspecified atom stereocenters. The molecule has 40 heavy (non-hydrogen) atoms. The van der Waals surface area contributed by atoms with Gasteiger partial charge in [0, 0.05) is 31.5 Å². The van der Waals surface area contributed by atoms with Gasteiger partial charge in [-0.1, -0.05) is 25.3 Å². The Hall–Kier alpha value is -4.48. The molecule has 212 valence electrons. The standard InChI is InChI=1S/C28H33FN6O5/c1-34(2)24(36)11-4-3-9-21(33-28(39)40)26(37)32-22-10-6-12-35(27(22)38)16-18-14-23-25(31-18)19(20(29)15-30-23)13-17-7-5-8-17/h4,6,10-12,14-15,17,21,31,33H,3,5,7-9,13,16H2,1-2H3,(H,32,37)(H,39,40). The molecule has 0 bridgehead atoms. The van der Waals surface area contributed by atoms with Crippen molar-refractivity contribution >= 4 is 34.6 Å². The topological polar surface area (TPSA) is 149 Å². The lowest BCUT2D eigenvalue weighted by Gasteiger charge is -2.25. The second-order valence-electron chi connectivity index (χ2n) is 10.2. The molecule has 0 aromatic carbocycles. The van der Waals surface area contributed by atoms with Crippen molar-refractivity contribution in [2.45, 2.75) is 51.1 Å². The van der Waals surface area contributed by atoms with Crippen LogP contribution in [0.25, 0.3) is 11.0 Å². The summed E-state index contributed by atoms with van der Waals surface area (Å²) in [5, 5.41) is 13.8. The maximum atomic E-state index is 14.6. The molecule has 3 heterocycles. The van der Waals surface area contributed by atoms with Crippen LogP contribution >= 0.6 is 0 Å². The lowest BCUT2D eigenvalue weighted by molar-refractivity contribution is -0.123. The third-order valence-electron chi connectivity index (χ3n) is 7.03. The molecule has 1 atom stereocenters. The summed E-state index contributed by atoms with van der Waals surface area (Å²) >= 11 is 0. The first-order valence-electron chi connectivity index (χ1n) is 13.1. The molecule has 1 aliphatic carbocycles. The molecule has 4 rings (SSSR count). The SMILES string of the molecule is CN(C)C(=O)C=CCCC(NC(=O)O)C(=O)Nc1cccn(Cc2cc3ncc(F)c(CC4CCC4)c3[nH]2)c1=O. The van der Waals surface area contributed by atoms with Gasteiger partial charge in [-0.3, -0.25) is 19.4 Å². The van der Waals surface area contributed by atoms with Crippen molar-refractivity contribution < 1.29 is 23.9 Å². The summed E-state index contributed by atoms with van der Waals surface area (Å²) in [5.41, 5.74) is 1.99. The minimum atomic E-state index is -1.39. The number of aromatic amines is 1. The number of carboxylic acid groups (broad SMARTS) is 1. The number of carbonyl (C=O) groups is 3. The Labute approximate surface area is 230 Å². The number of nitrogens with one attached hydrogen (secondary N) is 3. The molecule has 0 saturated heterocycles. The van der Waals surface area contributed by atoms with Crippen molar-refractivity contribution in [3.63, 3.8) is 0 Å². The molecule has 11 nitrogen and oxygen atoms in total. The fraction of sp³-hybridized carbons (Fsp3) is 0.393. The second-order valence-corrected chi connectivity index (χ2v) is 10.2. The molecule has 0 radical (unpaired) electrons. The lowest BCUT2D eigenvalue weighted by atomic mass is 9.81. The van der Waals surface area contributed by atoms with Gasteiger partial charge in [-0.25, -0.2) is 9.18 Å². The molecule has 12 heteroatoms. The van der Waals surface area contributed by atoms with E-state index in [1.54, 1.807) is 38.5 Å². The number of nitrogens with zero attached hydrogens (tertiary/aromatic N) is 3. The van der Waals surface area contributed by atoms with Crippen LogP contribution in [0.4, 0.5) is 14.9 Å². The quantitative estimate of drug-likeness (QED) is 0.268. The van der Waals surface area contributed by atoms with Gasteiger partial charge in [-0.15, -0.1) is 0 Å². The van der Waals surface area contributed by atoms with Gasteiger partial charge in [-0.05, 0) is 49.5 Å². The number of anilines is 1. The van der Waals surface area contributed by atoms with Crippen LogP contribution < -0.4 is 16.2 Å². The first kappa shape index (κ1) is 28.5. The monoisotopic (exact) mass is 552 g/mol. The van der Waals surface area contributed by atoms with Crippen molar-refractivity contribution in [1.82, 2.24) is 24.8 Å². The van der Waals surface area contributed by atoms with E-state index in [-0.39, 0.29) is 36.8 Å². The maximum absolute atomic E-state index is 14.6. The second kappa shape index (κ2) is 12.6. The minimum absolute atomic E-state index is 0.0195. The summed E-state index contributed by atoms with van der Waals surface area (Å²) in [6, 6.07) is 3.66. The lowest BCUT2D eigenvalue weighted by Crippen LogP contribution is -2.44. The van der Waals surface area contributed by atoms with Gasteiger partial charge in [0.1, 0.15) is 17.5 Å². The molecule has 4 N–H and O–H groups in total. The summed E-state index contributed by atoms with van der Waals surface area (Å²) in [4.78, 5) is 57.7. The first-order chi connectivity index (χ1) is 19.1. The molecule has 3 aromatic heterocycles. The van der Waals surface area contributed by atoms with Crippen LogP contribution in [0.1, 0.15) is 43.4 Å². The van der Waals surface area contributed by atoms with E-state index in [0.717, 1.165) is 19.3 Å². The Morgan fingerprint density at radius 2 is 2.10 bits per heavy atom. The fourth-order valence-electron chi connectivity index (χ4n) is 4.60.